The second-order valence-electron chi connectivity index (χ2n) is 5.96. The summed E-state index contributed by atoms with van der Waals surface area (Å²) in [6.45, 7) is 2.74. The maximum atomic E-state index is 13.3. The summed E-state index contributed by atoms with van der Waals surface area (Å²) >= 11 is 0. The van der Waals surface area contributed by atoms with Crippen LogP contribution in [0.25, 0.3) is 11.1 Å². The van der Waals surface area contributed by atoms with Crippen molar-refractivity contribution in [3.63, 3.8) is 0 Å². The lowest BCUT2D eigenvalue weighted by atomic mass is 9.95. The molecule has 2 aromatic rings. The molecule has 0 amide bonds. The Hall–Kier alpha value is -1.81. The van der Waals surface area contributed by atoms with Crippen LogP contribution in [-0.4, -0.2) is 12.7 Å². The fourth-order valence-electron chi connectivity index (χ4n) is 3.30. The van der Waals surface area contributed by atoms with Gasteiger partial charge in [-0.1, -0.05) is 24.3 Å². The summed E-state index contributed by atoms with van der Waals surface area (Å²) in [5.74, 6) is -3.31. The molecular weight excluding hydrogens is 301 g/mol. The maximum absolute atomic E-state index is 13.3. The molecule has 2 aromatic carbocycles. The normalized spacial score (nSPS) is 20.9. The van der Waals surface area contributed by atoms with Crippen molar-refractivity contribution in [2.24, 2.45) is 0 Å². The molecular formula is C19H19F3O. The van der Waals surface area contributed by atoms with E-state index in [2.05, 4.69) is 0 Å². The molecule has 1 saturated carbocycles. The molecule has 0 saturated heterocycles. The van der Waals surface area contributed by atoms with E-state index in [0.29, 0.717) is 23.1 Å². The van der Waals surface area contributed by atoms with Crippen molar-refractivity contribution in [1.82, 2.24) is 0 Å². The number of halogens is 3. The Kier molecular flexibility index (Phi) is 4.71. The van der Waals surface area contributed by atoms with Crippen molar-refractivity contribution >= 4 is 0 Å². The average Bonchev–Trinajstić information content (AvgIpc) is 3.01. The molecule has 1 nitrogen and oxygen atoms in total. The zero-order chi connectivity index (χ0) is 16.4. The van der Waals surface area contributed by atoms with Crippen molar-refractivity contribution in [1.29, 1.82) is 0 Å². The first-order chi connectivity index (χ1) is 11.1. The molecule has 23 heavy (non-hydrogen) atoms. The summed E-state index contributed by atoms with van der Waals surface area (Å²) in [5.41, 5.74) is 2.22. The molecule has 3 rings (SSSR count). The van der Waals surface area contributed by atoms with Gasteiger partial charge in [-0.2, -0.15) is 0 Å². The molecule has 122 valence electrons. The molecule has 2 atom stereocenters. The fraction of sp³-hybridized carbons (Fsp3) is 0.368. The lowest BCUT2D eigenvalue weighted by Crippen LogP contribution is -2.07. The van der Waals surface area contributed by atoms with Gasteiger partial charge in [-0.3, -0.25) is 0 Å². The Morgan fingerprint density at radius 3 is 2.22 bits per heavy atom. The second-order valence-corrected chi connectivity index (χ2v) is 5.96. The average molecular weight is 320 g/mol. The van der Waals surface area contributed by atoms with E-state index in [-0.39, 0.29) is 0 Å². The Labute approximate surface area is 134 Å². The van der Waals surface area contributed by atoms with Gasteiger partial charge in [0.15, 0.2) is 17.5 Å². The van der Waals surface area contributed by atoms with Crippen LogP contribution in [0.4, 0.5) is 13.2 Å². The van der Waals surface area contributed by atoms with Crippen molar-refractivity contribution < 1.29 is 17.9 Å². The van der Waals surface area contributed by atoms with E-state index in [1.165, 1.54) is 5.56 Å². The predicted molar refractivity (Wildman–Crippen MR) is 83.8 cm³/mol. The minimum absolute atomic E-state index is 0.324. The predicted octanol–water partition coefficient (Wildman–Crippen LogP) is 5.44. The van der Waals surface area contributed by atoms with E-state index in [4.69, 9.17) is 4.74 Å². The van der Waals surface area contributed by atoms with Crippen LogP contribution in [0.5, 0.6) is 0 Å². The summed E-state index contributed by atoms with van der Waals surface area (Å²) in [7, 11) is 0. The van der Waals surface area contributed by atoms with Crippen LogP contribution in [0.15, 0.2) is 36.4 Å². The Morgan fingerprint density at radius 2 is 1.61 bits per heavy atom. The third-order valence-corrected chi connectivity index (χ3v) is 4.49. The lowest BCUT2D eigenvalue weighted by Gasteiger charge is -2.13. The van der Waals surface area contributed by atoms with Crippen LogP contribution in [0.1, 0.15) is 37.7 Å². The third kappa shape index (κ3) is 3.42. The number of ether oxygens (including phenoxy) is 1. The monoisotopic (exact) mass is 320 g/mol. The van der Waals surface area contributed by atoms with Crippen molar-refractivity contribution in [3.8, 4) is 11.1 Å². The minimum atomic E-state index is -1.43. The van der Waals surface area contributed by atoms with E-state index in [9.17, 15) is 13.2 Å². The highest BCUT2D eigenvalue weighted by molar-refractivity contribution is 5.64. The standard InChI is InChI=1S/C19H19F3O/c1-2-23-16-8-7-14(9-16)12-3-5-13(6-4-12)15-10-17(20)19(22)18(21)11-15/h3-6,10-11,14,16H,2,7-9H2,1H3. The molecule has 0 aromatic heterocycles. The van der Waals surface area contributed by atoms with Crippen molar-refractivity contribution in [2.45, 2.75) is 38.2 Å². The molecule has 1 fully saturated rings. The van der Waals surface area contributed by atoms with Gasteiger partial charge in [-0.05, 0) is 60.9 Å². The third-order valence-electron chi connectivity index (χ3n) is 4.49. The molecule has 4 heteroatoms. The van der Waals surface area contributed by atoms with E-state index in [0.717, 1.165) is 38.0 Å². The van der Waals surface area contributed by atoms with Gasteiger partial charge in [-0.15, -0.1) is 0 Å². The molecule has 0 heterocycles. The van der Waals surface area contributed by atoms with Gasteiger partial charge in [0, 0.05) is 6.61 Å². The lowest BCUT2D eigenvalue weighted by molar-refractivity contribution is 0.0674. The molecule has 2 unspecified atom stereocenters. The van der Waals surface area contributed by atoms with Crippen molar-refractivity contribution in [3.05, 3.63) is 59.4 Å². The van der Waals surface area contributed by atoms with Crippen LogP contribution in [0.2, 0.25) is 0 Å². The van der Waals surface area contributed by atoms with Gasteiger partial charge in [0.05, 0.1) is 6.10 Å². The fourth-order valence-corrected chi connectivity index (χ4v) is 3.30. The smallest absolute Gasteiger partial charge is 0.194 e. The molecule has 1 aliphatic carbocycles. The number of hydrogen-bond donors (Lipinski definition) is 0. The van der Waals surface area contributed by atoms with Crippen LogP contribution in [0, 0.1) is 17.5 Å². The quantitative estimate of drug-likeness (QED) is 0.681. The zero-order valence-electron chi connectivity index (χ0n) is 13.0. The first-order valence-corrected chi connectivity index (χ1v) is 7.95. The van der Waals surface area contributed by atoms with Gasteiger partial charge in [0.2, 0.25) is 0 Å². The minimum Gasteiger partial charge on any atom is -0.378 e. The summed E-state index contributed by atoms with van der Waals surface area (Å²) in [6, 6.07) is 9.66. The Morgan fingerprint density at radius 1 is 0.957 bits per heavy atom. The van der Waals surface area contributed by atoms with Gasteiger partial charge in [0.1, 0.15) is 0 Å². The Balaban J connectivity index is 1.78. The SMILES string of the molecule is CCOC1CCC(c2ccc(-c3cc(F)c(F)c(F)c3)cc2)C1. The highest BCUT2D eigenvalue weighted by Crippen LogP contribution is 2.36. The highest BCUT2D eigenvalue weighted by Gasteiger charge is 2.26. The highest BCUT2D eigenvalue weighted by atomic mass is 19.2. The first kappa shape index (κ1) is 16.1. The molecule has 0 aliphatic heterocycles. The molecule has 0 radical (unpaired) electrons. The largest absolute Gasteiger partial charge is 0.378 e. The first-order valence-electron chi connectivity index (χ1n) is 7.95. The van der Waals surface area contributed by atoms with Gasteiger partial charge in [-0.25, -0.2) is 13.2 Å². The molecule has 0 spiro atoms. The summed E-state index contributed by atoms with van der Waals surface area (Å²) in [5, 5.41) is 0. The van der Waals surface area contributed by atoms with E-state index >= 15 is 0 Å². The summed E-state index contributed by atoms with van der Waals surface area (Å²) in [4.78, 5) is 0. The molecule has 1 aliphatic rings. The topological polar surface area (TPSA) is 9.23 Å². The van der Waals surface area contributed by atoms with E-state index in [1.807, 2.05) is 31.2 Å². The van der Waals surface area contributed by atoms with E-state index < -0.39 is 17.5 Å². The number of hydrogen-bond acceptors (Lipinski definition) is 1. The summed E-state index contributed by atoms with van der Waals surface area (Å²) in [6.07, 6.45) is 3.48. The number of benzene rings is 2. The second kappa shape index (κ2) is 6.75. The van der Waals surface area contributed by atoms with Crippen LogP contribution in [-0.2, 0) is 4.74 Å². The van der Waals surface area contributed by atoms with E-state index in [1.54, 1.807) is 0 Å². The van der Waals surface area contributed by atoms with Crippen LogP contribution >= 0.6 is 0 Å². The van der Waals surface area contributed by atoms with Crippen LogP contribution < -0.4 is 0 Å². The molecule has 0 bridgehead atoms. The van der Waals surface area contributed by atoms with Gasteiger partial charge in [0.25, 0.3) is 0 Å². The zero-order valence-corrected chi connectivity index (χ0v) is 13.0. The molecule has 0 N–H and O–H groups in total. The van der Waals surface area contributed by atoms with Crippen molar-refractivity contribution in [2.75, 3.05) is 6.61 Å². The maximum Gasteiger partial charge on any atom is 0.194 e. The number of rotatable bonds is 4. The van der Waals surface area contributed by atoms with Crippen LogP contribution in [0.3, 0.4) is 0 Å². The Bertz CT molecular complexity index is 659. The van der Waals surface area contributed by atoms with Gasteiger partial charge >= 0.3 is 0 Å². The van der Waals surface area contributed by atoms with Gasteiger partial charge < -0.3 is 4.74 Å². The summed E-state index contributed by atoms with van der Waals surface area (Å²) < 4.78 is 45.4.